The average Bonchev–Trinajstić information content (AvgIpc) is 3.21. The normalized spacial score (nSPS) is 10.3. The van der Waals surface area contributed by atoms with Crippen LogP contribution in [0.2, 0.25) is 0 Å². The number of hydrazine groups is 1. The molecule has 1 heterocycles. The first-order valence-corrected chi connectivity index (χ1v) is 10.4. The lowest BCUT2D eigenvalue weighted by Crippen LogP contribution is -2.41. The highest BCUT2D eigenvalue weighted by molar-refractivity contribution is 7.09. The third kappa shape index (κ3) is 5.95. The molecule has 3 rings (SSSR count). The molecule has 0 aliphatic heterocycles. The highest BCUT2D eigenvalue weighted by atomic mass is 32.1. The number of hydrogen-bond acceptors (Lipinski definition) is 7. The van der Waals surface area contributed by atoms with E-state index in [2.05, 4.69) is 15.8 Å². The van der Waals surface area contributed by atoms with Gasteiger partial charge in [-0.1, -0.05) is 0 Å². The molecular formula is C22H23N3O5S. The molecule has 0 aliphatic carbocycles. The molecule has 0 radical (unpaired) electrons. The fourth-order valence-electron chi connectivity index (χ4n) is 2.68. The van der Waals surface area contributed by atoms with E-state index in [1.807, 2.05) is 19.2 Å². The van der Waals surface area contributed by atoms with Crippen LogP contribution in [0, 0.1) is 6.92 Å². The zero-order valence-electron chi connectivity index (χ0n) is 17.4. The Balaban J connectivity index is 1.53. The molecule has 2 aromatic carbocycles. The summed E-state index contributed by atoms with van der Waals surface area (Å²) < 4.78 is 16.3. The predicted octanol–water partition coefficient (Wildman–Crippen LogP) is 3.51. The summed E-state index contributed by atoms with van der Waals surface area (Å²) in [5.41, 5.74) is 6.34. The highest BCUT2D eigenvalue weighted by Gasteiger charge is 2.13. The molecule has 162 valence electrons. The van der Waals surface area contributed by atoms with Crippen LogP contribution in [-0.2, 0) is 6.61 Å². The first-order valence-electron chi connectivity index (χ1n) is 9.55. The minimum absolute atomic E-state index is 0.321. The first kappa shape index (κ1) is 22.1. The van der Waals surface area contributed by atoms with Crippen molar-refractivity contribution < 1.29 is 23.8 Å². The van der Waals surface area contributed by atoms with Crippen molar-refractivity contribution in [3.8, 4) is 17.2 Å². The van der Waals surface area contributed by atoms with Gasteiger partial charge < -0.3 is 14.2 Å². The van der Waals surface area contributed by atoms with Gasteiger partial charge in [-0.2, -0.15) is 0 Å². The molecule has 9 heteroatoms. The maximum atomic E-state index is 12.3. The zero-order chi connectivity index (χ0) is 22.2. The number of amides is 2. The largest absolute Gasteiger partial charge is 0.493 e. The Bertz CT molecular complexity index is 1050. The Hall–Kier alpha value is -3.59. The summed E-state index contributed by atoms with van der Waals surface area (Å²) in [6, 6.07) is 11.4. The summed E-state index contributed by atoms with van der Waals surface area (Å²) in [7, 11) is 1.49. The lowest BCUT2D eigenvalue weighted by molar-refractivity contribution is 0.0846. The van der Waals surface area contributed by atoms with Crippen LogP contribution in [0.25, 0.3) is 0 Å². The van der Waals surface area contributed by atoms with E-state index in [9.17, 15) is 9.59 Å². The Morgan fingerprint density at radius 3 is 2.26 bits per heavy atom. The summed E-state index contributed by atoms with van der Waals surface area (Å²) in [5, 5.41) is 2.93. The van der Waals surface area contributed by atoms with E-state index in [1.165, 1.54) is 7.11 Å². The van der Waals surface area contributed by atoms with E-state index in [-0.39, 0.29) is 0 Å². The van der Waals surface area contributed by atoms with E-state index in [0.29, 0.717) is 41.6 Å². The van der Waals surface area contributed by atoms with E-state index >= 15 is 0 Å². The SMILES string of the molecule is CCOc1ccc(C(=O)NNC(=O)c2ccc(OCc3csc(C)n3)cc2)cc1OC. The molecule has 2 N–H and O–H groups in total. The van der Waals surface area contributed by atoms with Gasteiger partial charge in [0.05, 0.1) is 24.4 Å². The number of rotatable bonds is 8. The van der Waals surface area contributed by atoms with E-state index in [4.69, 9.17) is 14.2 Å². The van der Waals surface area contributed by atoms with Crippen molar-refractivity contribution in [2.45, 2.75) is 20.5 Å². The highest BCUT2D eigenvalue weighted by Crippen LogP contribution is 2.28. The molecular weight excluding hydrogens is 418 g/mol. The maximum absolute atomic E-state index is 12.3. The molecule has 0 fully saturated rings. The second-order valence-electron chi connectivity index (χ2n) is 6.38. The van der Waals surface area contributed by atoms with Crippen molar-refractivity contribution in [3.05, 3.63) is 69.7 Å². The topological polar surface area (TPSA) is 98.8 Å². The number of aryl methyl sites for hydroxylation is 1. The van der Waals surface area contributed by atoms with Gasteiger partial charge in [0, 0.05) is 16.5 Å². The summed E-state index contributed by atoms with van der Waals surface area (Å²) >= 11 is 1.57. The van der Waals surface area contributed by atoms with Gasteiger partial charge in [-0.05, 0) is 56.3 Å². The van der Waals surface area contributed by atoms with E-state index < -0.39 is 11.8 Å². The minimum Gasteiger partial charge on any atom is -0.493 e. The molecule has 0 unspecified atom stereocenters. The fraction of sp³-hybridized carbons (Fsp3) is 0.227. The van der Waals surface area contributed by atoms with Crippen molar-refractivity contribution in [1.29, 1.82) is 0 Å². The molecule has 0 spiro atoms. The first-order chi connectivity index (χ1) is 15.0. The van der Waals surface area contributed by atoms with E-state index in [0.717, 1.165) is 10.7 Å². The van der Waals surface area contributed by atoms with E-state index in [1.54, 1.807) is 53.8 Å². The van der Waals surface area contributed by atoms with Crippen molar-refractivity contribution in [1.82, 2.24) is 15.8 Å². The van der Waals surface area contributed by atoms with Gasteiger partial charge >= 0.3 is 0 Å². The van der Waals surface area contributed by atoms with Gasteiger partial charge in [0.1, 0.15) is 12.4 Å². The Kier molecular flexibility index (Phi) is 7.45. The molecule has 1 aromatic heterocycles. The third-order valence-corrected chi connectivity index (χ3v) is 5.01. The molecule has 31 heavy (non-hydrogen) atoms. The van der Waals surface area contributed by atoms with Crippen molar-refractivity contribution >= 4 is 23.2 Å². The van der Waals surface area contributed by atoms with Crippen LogP contribution in [0.15, 0.2) is 47.8 Å². The van der Waals surface area contributed by atoms with Gasteiger partial charge in [0.15, 0.2) is 11.5 Å². The molecule has 0 aliphatic rings. The van der Waals surface area contributed by atoms with Gasteiger partial charge in [-0.25, -0.2) is 4.98 Å². The molecule has 0 bridgehead atoms. The van der Waals surface area contributed by atoms with Crippen LogP contribution in [0.1, 0.15) is 38.3 Å². The maximum Gasteiger partial charge on any atom is 0.269 e. The number of thiazole rings is 1. The molecule has 0 atom stereocenters. The van der Waals surface area contributed by atoms with Gasteiger partial charge in [-0.3, -0.25) is 20.4 Å². The molecule has 0 saturated heterocycles. The number of ether oxygens (including phenoxy) is 3. The molecule has 3 aromatic rings. The zero-order valence-corrected chi connectivity index (χ0v) is 18.2. The summed E-state index contributed by atoms with van der Waals surface area (Å²) in [6.07, 6.45) is 0. The predicted molar refractivity (Wildman–Crippen MR) is 117 cm³/mol. The third-order valence-electron chi connectivity index (χ3n) is 4.19. The molecule has 8 nitrogen and oxygen atoms in total. The lowest BCUT2D eigenvalue weighted by atomic mass is 10.2. The number of hydrogen-bond donors (Lipinski definition) is 2. The Morgan fingerprint density at radius 2 is 1.65 bits per heavy atom. The van der Waals surface area contributed by atoms with Crippen LogP contribution >= 0.6 is 11.3 Å². The number of nitrogens with one attached hydrogen (secondary N) is 2. The Labute approximate surface area is 184 Å². The lowest BCUT2D eigenvalue weighted by Gasteiger charge is -2.12. The second kappa shape index (κ2) is 10.4. The summed E-state index contributed by atoms with van der Waals surface area (Å²) in [6.45, 7) is 4.63. The number of aromatic nitrogens is 1. The molecule has 2 amide bonds. The number of benzene rings is 2. The van der Waals surface area contributed by atoms with Crippen molar-refractivity contribution in [2.75, 3.05) is 13.7 Å². The van der Waals surface area contributed by atoms with Crippen LogP contribution in [0.5, 0.6) is 17.2 Å². The number of nitrogens with zero attached hydrogens (tertiary/aromatic N) is 1. The van der Waals surface area contributed by atoms with Crippen molar-refractivity contribution in [2.24, 2.45) is 0 Å². The second-order valence-corrected chi connectivity index (χ2v) is 7.44. The Morgan fingerprint density at radius 1 is 0.968 bits per heavy atom. The number of carbonyl (C=O) groups excluding carboxylic acids is 2. The minimum atomic E-state index is -0.479. The fourth-order valence-corrected chi connectivity index (χ4v) is 3.27. The molecule has 0 saturated carbocycles. The smallest absolute Gasteiger partial charge is 0.269 e. The monoisotopic (exact) mass is 441 g/mol. The van der Waals surface area contributed by atoms with Crippen LogP contribution in [-0.4, -0.2) is 30.5 Å². The van der Waals surface area contributed by atoms with Crippen molar-refractivity contribution in [3.63, 3.8) is 0 Å². The van der Waals surface area contributed by atoms with Crippen LogP contribution in [0.4, 0.5) is 0 Å². The van der Waals surface area contributed by atoms with Gasteiger partial charge in [0.2, 0.25) is 0 Å². The summed E-state index contributed by atoms with van der Waals surface area (Å²) in [4.78, 5) is 29.0. The summed E-state index contributed by atoms with van der Waals surface area (Å²) in [5.74, 6) is 0.663. The quantitative estimate of drug-likeness (QED) is 0.519. The van der Waals surface area contributed by atoms with Gasteiger partial charge in [0.25, 0.3) is 11.8 Å². The van der Waals surface area contributed by atoms with Crippen LogP contribution in [0.3, 0.4) is 0 Å². The average molecular weight is 442 g/mol. The standard InChI is InChI=1S/C22H23N3O5S/c1-4-29-19-10-7-16(11-20(19)28-3)22(27)25-24-21(26)15-5-8-18(9-6-15)30-12-17-13-31-14(2)23-17/h5-11,13H,4,12H2,1-3H3,(H,24,26)(H,25,27). The number of methoxy groups -OCH3 is 1. The van der Waals surface area contributed by atoms with Gasteiger partial charge in [-0.15, -0.1) is 11.3 Å². The number of carbonyl (C=O) groups is 2. The van der Waals surface area contributed by atoms with Crippen LogP contribution < -0.4 is 25.1 Å².